The topological polar surface area (TPSA) is 0 Å². The minimum absolute atomic E-state index is 1.11. The first-order valence-corrected chi connectivity index (χ1v) is 10.1. The molecule has 0 aliphatic carbocycles. The van der Waals surface area contributed by atoms with Gasteiger partial charge < -0.3 is 0 Å². The summed E-state index contributed by atoms with van der Waals surface area (Å²) in [5.41, 5.74) is 0. The number of rotatable bonds is 5. The van der Waals surface area contributed by atoms with Gasteiger partial charge in [0.15, 0.2) is 0 Å². The SMILES string of the molecule is c1ccc2c(SCCSc3cccc4ccccc34)cccc2c1. The molecule has 0 fully saturated rings. The average molecular weight is 347 g/mol. The summed E-state index contributed by atoms with van der Waals surface area (Å²) in [5.74, 6) is 2.23. The molecule has 4 rings (SSSR count). The maximum Gasteiger partial charge on any atom is 0.0151 e. The molecule has 0 amide bonds. The number of thioether (sulfide) groups is 2. The van der Waals surface area contributed by atoms with Crippen molar-refractivity contribution in [2.45, 2.75) is 9.79 Å². The van der Waals surface area contributed by atoms with Gasteiger partial charge in [-0.05, 0) is 33.7 Å². The van der Waals surface area contributed by atoms with E-state index in [4.69, 9.17) is 0 Å². The van der Waals surface area contributed by atoms with E-state index >= 15 is 0 Å². The monoisotopic (exact) mass is 346 g/mol. The van der Waals surface area contributed by atoms with Crippen molar-refractivity contribution < 1.29 is 0 Å². The summed E-state index contributed by atoms with van der Waals surface area (Å²) in [6.07, 6.45) is 0. The predicted octanol–water partition coefficient (Wildman–Crippen LogP) is 6.88. The van der Waals surface area contributed by atoms with Crippen molar-refractivity contribution in [3.8, 4) is 0 Å². The molecule has 118 valence electrons. The zero-order valence-electron chi connectivity index (χ0n) is 13.3. The zero-order valence-corrected chi connectivity index (χ0v) is 14.9. The van der Waals surface area contributed by atoms with Gasteiger partial charge in [-0.15, -0.1) is 23.5 Å². The Morgan fingerprint density at radius 3 is 1.38 bits per heavy atom. The minimum atomic E-state index is 1.11. The molecule has 0 aliphatic heterocycles. The molecule has 0 unspecified atom stereocenters. The third-order valence-electron chi connectivity index (χ3n) is 4.10. The van der Waals surface area contributed by atoms with Crippen LogP contribution in [-0.4, -0.2) is 11.5 Å². The van der Waals surface area contributed by atoms with Crippen LogP contribution in [0.5, 0.6) is 0 Å². The van der Waals surface area contributed by atoms with Gasteiger partial charge in [0.1, 0.15) is 0 Å². The maximum atomic E-state index is 2.23. The van der Waals surface area contributed by atoms with E-state index in [9.17, 15) is 0 Å². The smallest absolute Gasteiger partial charge is 0.0151 e. The first-order chi connectivity index (χ1) is 11.9. The van der Waals surface area contributed by atoms with Gasteiger partial charge in [0, 0.05) is 21.3 Å². The van der Waals surface area contributed by atoms with E-state index in [1.165, 1.54) is 31.3 Å². The van der Waals surface area contributed by atoms with Gasteiger partial charge in [0.25, 0.3) is 0 Å². The van der Waals surface area contributed by atoms with Gasteiger partial charge in [-0.2, -0.15) is 0 Å². The summed E-state index contributed by atoms with van der Waals surface area (Å²) in [6, 6.07) is 30.4. The van der Waals surface area contributed by atoms with Crippen LogP contribution in [0.15, 0.2) is 94.7 Å². The molecule has 0 saturated carbocycles. The molecule has 24 heavy (non-hydrogen) atoms. The second-order valence-corrected chi connectivity index (χ2v) is 7.92. The molecule has 2 heteroatoms. The molecule has 0 aromatic heterocycles. The molecule has 0 aliphatic rings. The zero-order chi connectivity index (χ0) is 16.2. The van der Waals surface area contributed by atoms with E-state index in [0.29, 0.717) is 0 Å². The van der Waals surface area contributed by atoms with Crippen LogP contribution in [0.2, 0.25) is 0 Å². The molecule has 0 heterocycles. The fraction of sp³-hybridized carbons (Fsp3) is 0.0909. The van der Waals surface area contributed by atoms with Crippen molar-refractivity contribution in [1.29, 1.82) is 0 Å². The number of hydrogen-bond donors (Lipinski definition) is 0. The Balaban J connectivity index is 1.44. The van der Waals surface area contributed by atoms with Crippen molar-refractivity contribution in [1.82, 2.24) is 0 Å². The third kappa shape index (κ3) is 3.31. The molecular formula is C22H18S2. The first kappa shape index (κ1) is 15.6. The normalized spacial score (nSPS) is 11.2. The van der Waals surface area contributed by atoms with Crippen molar-refractivity contribution in [2.75, 3.05) is 11.5 Å². The van der Waals surface area contributed by atoms with E-state index in [2.05, 4.69) is 84.9 Å². The van der Waals surface area contributed by atoms with Crippen LogP contribution in [0.1, 0.15) is 0 Å². The summed E-state index contributed by atoms with van der Waals surface area (Å²) in [4.78, 5) is 2.76. The van der Waals surface area contributed by atoms with Crippen LogP contribution >= 0.6 is 23.5 Å². The molecule has 4 aromatic rings. The van der Waals surface area contributed by atoms with E-state index in [0.717, 1.165) is 11.5 Å². The Kier molecular flexibility index (Phi) is 4.77. The molecular weight excluding hydrogens is 328 g/mol. The third-order valence-corrected chi connectivity index (χ3v) is 6.51. The van der Waals surface area contributed by atoms with Gasteiger partial charge in [-0.25, -0.2) is 0 Å². The van der Waals surface area contributed by atoms with Gasteiger partial charge in [0.2, 0.25) is 0 Å². The Morgan fingerprint density at radius 2 is 0.875 bits per heavy atom. The highest BCUT2D eigenvalue weighted by atomic mass is 32.2. The summed E-state index contributed by atoms with van der Waals surface area (Å²) in [7, 11) is 0. The lowest BCUT2D eigenvalue weighted by Gasteiger charge is -2.08. The molecule has 0 radical (unpaired) electrons. The van der Waals surface area contributed by atoms with E-state index in [1.807, 2.05) is 23.5 Å². The first-order valence-electron chi connectivity index (χ1n) is 8.13. The number of fused-ring (bicyclic) bond motifs is 2. The minimum Gasteiger partial charge on any atom is -0.125 e. The predicted molar refractivity (Wildman–Crippen MR) is 109 cm³/mol. The van der Waals surface area contributed by atoms with Crippen LogP contribution in [0, 0.1) is 0 Å². The van der Waals surface area contributed by atoms with Gasteiger partial charge in [-0.3, -0.25) is 0 Å². The molecule has 0 nitrogen and oxygen atoms in total. The van der Waals surface area contributed by atoms with Crippen molar-refractivity contribution in [3.05, 3.63) is 84.9 Å². The highest BCUT2D eigenvalue weighted by Gasteiger charge is 2.03. The second-order valence-electron chi connectivity index (χ2n) is 5.65. The number of benzene rings is 4. The van der Waals surface area contributed by atoms with Crippen LogP contribution in [0.3, 0.4) is 0 Å². The van der Waals surface area contributed by atoms with Gasteiger partial charge in [0.05, 0.1) is 0 Å². The fourth-order valence-electron chi connectivity index (χ4n) is 2.95. The van der Waals surface area contributed by atoms with Crippen molar-refractivity contribution in [2.24, 2.45) is 0 Å². The van der Waals surface area contributed by atoms with E-state index in [-0.39, 0.29) is 0 Å². The Hall–Kier alpha value is -1.90. The summed E-state index contributed by atoms with van der Waals surface area (Å²) < 4.78 is 0. The van der Waals surface area contributed by atoms with Crippen molar-refractivity contribution in [3.63, 3.8) is 0 Å². The summed E-state index contributed by atoms with van der Waals surface area (Å²) >= 11 is 3.91. The number of hydrogen-bond acceptors (Lipinski definition) is 2. The van der Waals surface area contributed by atoms with Gasteiger partial charge in [-0.1, -0.05) is 72.8 Å². The lowest BCUT2D eigenvalue weighted by Crippen LogP contribution is -1.86. The fourth-order valence-corrected chi connectivity index (χ4v) is 5.09. The van der Waals surface area contributed by atoms with Gasteiger partial charge >= 0.3 is 0 Å². The van der Waals surface area contributed by atoms with Crippen molar-refractivity contribution >= 4 is 45.1 Å². The molecule has 0 spiro atoms. The van der Waals surface area contributed by atoms with E-state index < -0.39 is 0 Å². The van der Waals surface area contributed by atoms with Crippen LogP contribution in [0.25, 0.3) is 21.5 Å². The highest BCUT2D eigenvalue weighted by Crippen LogP contribution is 2.31. The van der Waals surface area contributed by atoms with Crippen LogP contribution < -0.4 is 0 Å². The highest BCUT2D eigenvalue weighted by molar-refractivity contribution is 8.03. The Morgan fingerprint density at radius 1 is 0.458 bits per heavy atom. The average Bonchev–Trinajstić information content (AvgIpc) is 2.65. The molecule has 0 saturated heterocycles. The standard InChI is InChI=1S/C22H18S2/c1-3-11-19-17(7-1)9-5-13-21(19)23-15-16-24-22-14-6-10-18-8-2-4-12-20(18)22/h1-14H,15-16H2. The lowest BCUT2D eigenvalue weighted by atomic mass is 10.1. The summed E-state index contributed by atoms with van der Waals surface area (Å²) in [6.45, 7) is 0. The largest absolute Gasteiger partial charge is 0.125 e. The Bertz CT molecular complexity index is 884. The second kappa shape index (κ2) is 7.33. The Labute approximate surface area is 151 Å². The van der Waals surface area contributed by atoms with Crippen LogP contribution in [-0.2, 0) is 0 Å². The lowest BCUT2D eigenvalue weighted by molar-refractivity contribution is 1.46. The molecule has 4 aromatic carbocycles. The quantitative estimate of drug-likeness (QED) is 0.285. The molecule has 0 bridgehead atoms. The molecule has 0 atom stereocenters. The van der Waals surface area contributed by atoms with Crippen LogP contribution in [0.4, 0.5) is 0 Å². The van der Waals surface area contributed by atoms with E-state index in [1.54, 1.807) is 0 Å². The molecule has 0 N–H and O–H groups in total. The summed E-state index contributed by atoms with van der Waals surface area (Å²) in [5, 5.41) is 5.37. The maximum absolute atomic E-state index is 2.23.